The number of rotatable bonds is 8. The molecular formula is C14H21N3O7S. The lowest BCUT2D eigenvalue weighted by Gasteiger charge is -2.53. The minimum atomic E-state index is -1.14. The van der Waals surface area contributed by atoms with Crippen molar-refractivity contribution in [3.8, 4) is 0 Å². The third kappa shape index (κ3) is 4.22. The average molecular weight is 375 g/mol. The zero-order valence-electron chi connectivity index (χ0n) is 13.3. The zero-order chi connectivity index (χ0) is 18.7. The van der Waals surface area contributed by atoms with Crippen LogP contribution < -0.4 is 11.1 Å². The highest BCUT2D eigenvalue weighted by atomic mass is 32.2. The van der Waals surface area contributed by atoms with Crippen molar-refractivity contribution in [3.63, 3.8) is 0 Å². The Morgan fingerprint density at radius 1 is 1.36 bits per heavy atom. The van der Waals surface area contributed by atoms with E-state index in [2.05, 4.69) is 5.32 Å². The van der Waals surface area contributed by atoms with Gasteiger partial charge in [0.2, 0.25) is 11.8 Å². The van der Waals surface area contributed by atoms with Gasteiger partial charge < -0.3 is 31.3 Å². The van der Waals surface area contributed by atoms with Crippen molar-refractivity contribution in [2.45, 2.75) is 54.4 Å². The van der Waals surface area contributed by atoms with E-state index < -0.39 is 47.3 Å². The lowest BCUT2D eigenvalue weighted by atomic mass is 9.99. The molecule has 2 heterocycles. The molecule has 10 nitrogen and oxygen atoms in total. The van der Waals surface area contributed by atoms with E-state index in [9.17, 15) is 29.4 Å². The summed E-state index contributed by atoms with van der Waals surface area (Å²) in [7, 11) is 0. The zero-order valence-corrected chi connectivity index (χ0v) is 14.1. The van der Waals surface area contributed by atoms with Gasteiger partial charge in [-0.1, -0.05) is 0 Å². The first kappa shape index (κ1) is 19.5. The molecule has 2 saturated heterocycles. The first-order valence-electron chi connectivity index (χ1n) is 7.85. The predicted octanol–water partition coefficient (Wildman–Crippen LogP) is -1.83. The highest BCUT2D eigenvalue weighted by Gasteiger charge is 2.56. The highest BCUT2D eigenvalue weighted by molar-refractivity contribution is 8.00. The number of carboxylic acids is 2. The number of aliphatic carboxylic acids is 2. The fraction of sp³-hybridized carbons (Fsp3) is 0.714. The van der Waals surface area contributed by atoms with Gasteiger partial charge >= 0.3 is 11.9 Å². The maximum atomic E-state index is 12.2. The van der Waals surface area contributed by atoms with E-state index in [1.807, 2.05) is 0 Å². The first-order chi connectivity index (χ1) is 11.8. The number of nitrogens with two attached hydrogens (primary N) is 1. The second-order valence-electron chi connectivity index (χ2n) is 6.05. The van der Waals surface area contributed by atoms with E-state index >= 15 is 0 Å². The second kappa shape index (κ2) is 8.02. The fourth-order valence-electron chi connectivity index (χ4n) is 2.90. The molecule has 11 heteroatoms. The number of carbonyl (C=O) groups excluding carboxylic acids is 2. The van der Waals surface area contributed by atoms with Gasteiger partial charge in [-0.25, -0.2) is 4.79 Å². The Morgan fingerprint density at radius 2 is 2.04 bits per heavy atom. The molecule has 0 aromatic rings. The third-order valence-corrected chi connectivity index (χ3v) is 5.78. The minimum absolute atomic E-state index is 0.0218. The molecule has 6 N–H and O–H groups in total. The Bertz CT molecular complexity index is 573. The maximum absolute atomic E-state index is 12.2. The van der Waals surface area contributed by atoms with Crippen molar-refractivity contribution in [2.24, 2.45) is 5.73 Å². The summed E-state index contributed by atoms with van der Waals surface area (Å²) in [6.45, 7) is -0.208. The summed E-state index contributed by atoms with van der Waals surface area (Å²) in [5.41, 5.74) is 5.35. The molecule has 2 amide bonds. The summed E-state index contributed by atoms with van der Waals surface area (Å²) in [5, 5.41) is 28.9. The number of aliphatic hydroxyl groups is 1. The molecule has 25 heavy (non-hydrogen) atoms. The molecule has 2 aliphatic rings. The topological polar surface area (TPSA) is 170 Å². The largest absolute Gasteiger partial charge is 0.480 e. The van der Waals surface area contributed by atoms with Crippen molar-refractivity contribution in [1.82, 2.24) is 10.2 Å². The summed E-state index contributed by atoms with van der Waals surface area (Å²) >= 11 is 1.27. The van der Waals surface area contributed by atoms with Crippen LogP contribution in [0.5, 0.6) is 0 Å². The Morgan fingerprint density at radius 3 is 2.60 bits per heavy atom. The number of amides is 2. The number of hydrogen-bond acceptors (Lipinski definition) is 7. The van der Waals surface area contributed by atoms with Crippen molar-refractivity contribution < 1.29 is 34.5 Å². The average Bonchev–Trinajstić information content (AvgIpc) is 2.57. The van der Waals surface area contributed by atoms with Crippen LogP contribution in [0.15, 0.2) is 0 Å². The number of nitrogens with zero attached hydrogens (tertiary/aromatic N) is 1. The number of aliphatic hydroxyl groups excluding tert-OH is 1. The van der Waals surface area contributed by atoms with E-state index in [1.165, 1.54) is 16.7 Å². The molecule has 0 radical (unpaired) electrons. The summed E-state index contributed by atoms with van der Waals surface area (Å²) in [4.78, 5) is 47.3. The van der Waals surface area contributed by atoms with Gasteiger partial charge in [-0.05, 0) is 19.3 Å². The van der Waals surface area contributed by atoms with Gasteiger partial charge in [0.05, 0.1) is 6.61 Å². The number of β-lactam (4-membered cyclic amide) rings is 1. The van der Waals surface area contributed by atoms with Crippen LogP contribution in [-0.4, -0.2) is 79.3 Å². The van der Waals surface area contributed by atoms with Crippen LogP contribution in [0.2, 0.25) is 0 Å². The quantitative estimate of drug-likeness (QED) is 0.306. The van der Waals surface area contributed by atoms with Gasteiger partial charge in [0.25, 0.3) is 0 Å². The Balaban J connectivity index is 1.88. The van der Waals surface area contributed by atoms with Crippen molar-refractivity contribution >= 4 is 35.5 Å². The molecule has 0 bridgehead atoms. The van der Waals surface area contributed by atoms with Gasteiger partial charge in [0.1, 0.15) is 23.5 Å². The second-order valence-corrected chi connectivity index (χ2v) is 7.47. The van der Waals surface area contributed by atoms with Crippen LogP contribution >= 0.6 is 11.8 Å². The molecule has 0 aromatic heterocycles. The SMILES string of the molecule is N[C@H](CCCC(=O)N[C@@H]1C(=O)N2[C@@H](C(=O)O)C[C@@H](CO)S[C@H]12)C(=O)O. The number of fused-ring (bicyclic) bond motifs is 1. The van der Waals surface area contributed by atoms with Crippen LogP contribution in [0, 0.1) is 0 Å². The summed E-state index contributed by atoms with van der Waals surface area (Å²) < 4.78 is 0. The minimum Gasteiger partial charge on any atom is -0.480 e. The Hall–Kier alpha value is -1.85. The summed E-state index contributed by atoms with van der Waals surface area (Å²) in [5.74, 6) is -3.16. The van der Waals surface area contributed by atoms with Crippen LogP contribution in [0.3, 0.4) is 0 Å². The number of carbonyl (C=O) groups is 4. The highest BCUT2D eigenvalue weighted by Crippen LogP contribution is 2.41. The molecule has 2 rings (SSSR count). The van der Waals surface area contributed by atoms with E-state index in [4.69, 9.17) is 10.8 Å². The van der Waals surface area contributed by atoms with Crippen molar-refractivity contribution in [3.05, 3.63) is 0 Å². The fourth-order valence-corrected chi connectivity index (χ4v) is 4.40. The monoisotopic (exact) mass is 375 g/mol. The molecule has 0 aliphatic carbocycles. The predicted molar refractivity (Wildman–Crippen MR) is 86.5 cm³/mol. The lowest BCUT2D eigenvalue weighted by molar-refractivity contribution is -0.163. The number of thioether (sulfide) groups is 1. The molecule has 140 valence electrons. The van der Waals surface area contributed by atoms with Gasteiger partial charge in [-0.3, -0.25) is 14.4 Å². The van der Waals surface area contributed by atoms with Gasteiger partial charge in [-0.2, -0.15) is 0 Å². The van der Waals surface area contributed by atoms with Crippen molar-refractivity contribution in [2.75, 3.05) is 6.61 Å². The maximum Gasteiger partial charge on any atom is 0.326 e. The van der Waals surface area contributed by atoms with Crippen LogP contribution in [0.25, 0.3) is 0 Å². The Kier molecular flexibility index (Phi) is 6.25. The number of hydrogen-bond donors (Lipinski definition) is 5. The standard InChI is InChI=1S/C14H21N3O7S/c15-7(13(21)22)2-1-3-9(19)16-10-11(20)17-8(14(23)24)4-6(5-18)25-12(10)17/h6-8,10,12,18H,1-5,15H2,(H,16,19)(H,21,22)(H,23,24)/t6-,7+,8+,10+,12+/m0/s1. The van der Waals surface area contributed by atoms with E-state index in [1.54, 1.807) is 0 Å². The van der Waals surface area contributed by atoms with Gasteiger partial charge in [0.15, 0.2) is 0 Å². The molecule has 0 spiro atoms. The molecule has 0 unspecified atom stereocenters. The van der Waals surface area contributed by atoms with E-state index in [-0.39, 0.29) is 37.5 Å². The molecular weight excluding hydrogens is 354 g/mol. The number of carboxylic acid groups (broad SMARTS) is 2. The number of nitrogens with one attached hydrogen (secondary N) is 1. The normalized spacial score (nSPS) is 29.4. The molecule has 0 saturated carbocycles. The van der Waals surface area contributed by atoms with Crippen LogP contribution in [0.1, 0.15) is 25.7 Å². The van der Waals surface area contributed by atoms with E-state index in [0.29, 0.717) is 0 Å². The summed E-state index contributed by atoms with van der Waals surface area (Å²) in [6.07, 6.45) is 0.582. The van der Waals surface area contributed by atoms with Gasteiger partial charge in [0, 0.05) is 11.7 Å². The van der Waals surface area contributed by atoms with E-state index in [0.717, 1.165) is 0 Å². The molecule has 2 aliphatic heterocycles. The van der Waals surface area contributed by atoms with Crippen LogP contribution in [-0.2, 0) is 19.2 Å². The first-order valence-corrected chi connectivity index (χ1v) is 8.79. The summed E-state index contributed by atoms with van der Waals surface area (Å²) in [6, 6.07) is -2.87. The van der Waals surface area contributed by atoms with Crippen molar-refractivity contribution in [1.29, 1.82) is 0 Å². The lowest BCUT2D eigenvalue weighted by Crippen LogP contribution is -2.75. The molecule has 2 fully saturated rings. The smallest absolute Gasteiger partial charge is 0.326 e. The molecule has 0 aromatic carbocycles. The van der Waals surface area contributed by atoms with Crippen LogP contribution in [0.4, 0.5) is 0 Å². The third-order valence-electron chi connectivity index (χ3n) is 4.28. The van der Waals surface area contributed by atoms with Gasteiger partial charge in [-0.15, -0.1) is 11.8 Å². The molecule has 5 atom stereocenters. The Labute approximate surface area is 147 Å².